The highest BCUT2D eigenvalue weighted by atomic mass is 16.5. The lowest BCUT2D eigenvalue weighted by Crippen LogP contribution is -2.49. The van der Waals surface area contributed by atoms with Crippen molar-refractivity contribution in [2.24, 2.45) is 0 Å². The number of likely N-dealkylation sites (tertiary alicyclic amines) is 1. The van der Waals surface area contributed by atoms with Crippen LogP contribution in [0.5, 0.6) is 0 Å². The Morgan fingerprint density at radius 1 is 1.14 bits per heavy atom. The molecule has 2 atom stereocenters. The minimum atomic E-state index is 0.328. The van der Waals surface area contributed by atoms with Gasteiger partial charge in [-0.2, -0.15) is 0 Å². The summed E-state index contributed by atoms with van der Waals surface area (Å²) in [4.78, 5) is 17.0. The fraction of sp³-hybridized carbons (Fsp3) is 0.938. The third kappa shape index (κ3) is 4.18. The number of nitrogens with one attached hydrogen (secondary N) is 1. The number of carbonyl (C=O) groups is 1. The molecular formula is C16H29N3O2. The van der Waals surface area contributed by atoms with Gasteiger partial charge in [0.15, 0.2) is 0 Å². The lowest BCUT2D eigenvalue weighted by molar-refractivity contribution is -0.131. The van der Waals surface area contributed by atoms with E-state index < -0.39 is 0 Å². The van der Waals surface area contributed by atoms with Gasteiger partial charge in [0.1, 0.15) is 0 Å². The van der Waals surface area contributed by atoms with Gasteiger partial charge in [0.25, 0.3) is 0 Å². The first-order valence-electron chi connectivity index (χ1n) is 8.67. The Hall–Kier alpha value is -0.650. The van der Waals surface area contributed by atoms with E-state index in [1.807, 2.05) is 0 Å². The van der Waals surface area contributed by atoms with Crippen molar-refractivity contribution in [3.8, 4) is 0 Å². The summed E-state index contributed by atoms with van der Waals surface area (Å²) in [5.41, 5.74) is 0. The van der Waals surface area contributed by atoms with E-state index in [1.165, 1.54) is 12.8 Å². The second kappa shape index (κ2) is 7.56. The molecule has 3 aliphatic rings. The van der Waals surface area contributed by atoms with Crippen LogP contribution in [0, 0.1) is 0 Å². The van der Waals surface area contributed by atoms with E-state index in [0.717, 1.165) is 65.1 Å². The second-order valence-electron chi connectivity index (χ2n) is 6.60. The normalized spacial score (nSPS) is 31.5. The molecule has 0 saturated carbocycles. The van der Waals surface area contributed by atoms with Crippen molar-refractivity contribution < 1.29 is 9.53 Å². The summed E-state index contributed by atoms with van der Waals surface area (Å²) in [7, 11) is 0. The zero-order valence-corrected chi connectivity index (χ0v) is 13.1. The van der Waals surface area contributed by atoms with Crippen molar-refractivity contribution in [2.45, 2.75) is 50.7 Å². The van der Waals surface area contributed by atoms with Gasteiger partial charge in [-0.25, -0.2) is 0 Å². The average molecular weight is 295 g/mol. The Morgan fingerprint density at radius 3 is 2.76 bits per heavy atom. The quantitative estimate of drug-likeness (QED) is 0.835. The van der Waals surface area contributed by atoms with Gasteiger partial charge < -0.3 is 15.0 Å². The van der Waals surface area contributed by atoms with Gasteiger partial charge >= 0.3 is 0 Å². The molecule has 0 aromatic heterocycles. The summed E-state index contributed by atoms with van der Waals surface area (Å²) >= 11 is 0. The van der Waals surface area contributed by atoms with E-state index in [-0.39, 0.29) is 0 Å². The topological polar surface area (TPSA) is 44.8 Å². The number of rotatable bonds is 4. The molecule has 21 heavy (non-hydrogen) atoms. The van der Waals surface area contributed by atoms with Crippen LogP contribution in [0.1, 0.15) is 38.5 Å². The molecule has 5 nitrogen and oxygen atoms in total. The Balaban J connectivity index is 1.39. The predicted molar refractivity (Wildman–Crippen MR) is 82.3 cm³/mol. The molecule has 3 saturated heterocycles. The van der Waals surface area contributed by atoms with Crippen LogP contribution in [0.25, 0.3) is 0 Å². The Bertz CT molecular complexity index is 338. The van der Waals surface area contributed by atoms with E-state index >= 15 is 0 Å². The van der Waals surface area contributed by atoms with Gasteiger partial charge in [-0.3, -0.25) is 9.69 Å². The van der Waals surface area contributed by atoms with E-state index in [2.05, 4.69) is 15.1 Å². The van der Waals surface area contributed by atoms with E-state index in [0.29, 0.717) is 24.5 Å². The summed E-state index contributed by atoms with van der Waals surface area (Å²) in [6.07, 6.45) is 6.63. The molecule has 5 heteroatoms. The van der Waals surface area contributed by atoms with Crippen LogP contribution < -0.4 is 5.32 Å². The fourth-order valence-corrected chi connectivity index (χ4v) is 3.79. The highest BCUT2D eigenvalue weighted by molar-refractivity contribution is 5.76. The Morgan fingerprint density at radius 2 is 2.00 bits per heavy atom. The van der Waals surface area contributed by atoms with Gasteiger partial charge in [-0.15, -0.1) is 0 Å². The minimum Gasteiger partial charge on any atom is -0.378 e. The molecule has 3 fully saturated rings. The van der Waals surface area contributed by atoms with Crippen molar-refractivity contribution in [3.05, 3.63) is 0 Å². The van der Waals surface area contributed by atoms with Crippen molar-refractivity contribution in [3.63, 3.8) is 0 Å². The lowest BCUT2D eigenvalue weighted by Gasteiger charge is -2.32. The van der Waals surface area contributed by atoms with Gasteiger partial charge in [-0.1, -0.05) is 0 Å². The highest BCUT2D eigenvalue weighted by Crippen LogP contribution is 2.20. The first-order chi connectivity index (χ1) is 10.3. The number of hydrogen-bond acceptors (Lipinski definition) is 4. The molecule has 1 N–H and O–H groups in total. The first kappa shape index (κ1) is 15.3. The number of nitrogens with zero attached hydrogens (tertiary/aromatic N) is 2. The zero-order chi connectivity index (χ0) is 14.5. The number of hydrogen-bond donors (Lipinski definition) is 1. The predicted octanol–water partition coefficient (Wildman–Crippen LogP) is 0.842. The summed E-state index contributed by atoms with van der Waals surface area (Å²) < 4.78 is 5.72. The fourth-order valence-electron chi connectivity index (χ4n) is 3.79. The van der Waals surface area contributed by atoms with Crippen LogP contribution in [0.2, 0.25) is 0 Å². The largest absolute Gasteiger partial charge is 0.378 e. The molecule has 120 valence electrons. The van der Waals surface area contributed by atoms with Crippen LogP contribution in [-0.4, -0.2) is 73.7 Å². The molecule has 3 heterocycles. The molecule has 3 rings (SSSR count). The molecule has 0 aromatic rings. The van der Waals surface area contributed by atoms with Crippen molar-refractivity contribution in [1.82, 2.24) is 15.1 Å². The Kier molecular flexibility index (Phi) is 5.49. The van der Waals surface area contributed by atoms with Gasteiger partial charge in [0.05, 0.1) is 6.10 Å². The van der Waals surface area contributed by atoms with Gasteiger partial charge in [0, 0.05) is 58.3 Å². The average Bonchev–Trinajstić information content (AvgIpc) is 3.04. The first-order valence-corrected chi connectivity index (χ1v) is 8.67. The van der Waals surface area contributed by atoms with Crippen molar-refractivity contribution >= 4 is 5.91 Å². The van der Waals surface area contributed by atoms with Gasteiger partial charge in [0.2, 0.25) is 5.91 Å². The maximum Gasteiger partial charge on any atom is 0.222 e. The van der Waals surface area contributed by atoms with Crippen molar-refractivity contribution in [2.75, 3.05) is 45.9 Å². The smallest absolute Gasteiger partial charge is 0.222 e. The molecule has 0 spiro atoms. The molecule has 3 aliphatic heterocycles. The lowest BCUT2D eigenvalue weighted by atomic mass is 10.0. The third-order valence-electron chi connectivity index (χ3n) is 5.14. The summed E-state index contributed by atoms with van der Waals surface area (Å²) in [6.45, 7) is 7.19. The SMILES string of the molecule is O=C(CCC1CCCCO1)N1CCC(N2CCNCC2)C1. The standard InChI is InChI=1S/C16H29N3O2/c20-16(5-4-15-3-1-2-12-21-15)19-9-6-14(13-19)18-10-7-17-8-11-18/h14-15,17H,1-13H2. The minimum absolute atomic E-state index is 0.328. The molecule has 0 aliphatic carbocycles. The summed E-state index contributed by atoms with van der Waals surface area (Å²) in [5, 5.41) is 3.39. The van der Waals surface area contributed by atoms with Gasteiger partial charge in [-0.05, 0) is 32.1 Å². The number of carbonyl (C=O) groups excluding carboxylic acids is 1. The van der Waals surface area contributed by atoms with E-state index in [4.69, 9.17) is 4.74 Å². The number of ether oxygens (including phenoxy) is 1. The molecule has 1 amide bonds. The molecule has 0 bridgehead atoms. The zero-order valence-electron chi connectivity index (χ0n) is 13.1. The number of piperazine rings is 1. The van der Waals surface area contributed by atoms with E-state index in [1.54, 1.807) is 0 Å². The van der Waals surface area contributed by atoms with Crippen LogP contribution in [0.15, 0.2) is 0 Å². The molecule has 0 radical (unpaired) electrons. The van der Waals surface area contributed by atoms with Crippen molar-refractivity contribution in [1.29, 1.82) is 0 Å². The highest BCUT2D eigenvalue weighted by Gasteiger charge is 2.31. The molecule has 2 unspecified atom stereocenters. The maximum absolute atomic E-state index is 12.4. The summed E-state index contributed by atoms with van der Waals surface area (Å²) in [5.74, 6) is 0.335. The Labute approximate surface area is 128 Å². The second-order valence-corrected chi connectivity index (χ2v) is 6.60. The van der Waals surface area contributed by atoms with Crippen LogP contribution >= 0.6 is 0 Å². The summed E-state index contributed by atoms with van der Waals surface area (Å²) in [6, 6.07) is 0.585. The maximum atomic E-state index is 12.4. The molecular weight excluding hydrogens is 266 g/mol. The van der Waals surface area contributed by atoms with E-state index in [9.17, 15) is 4.79 Å². The monoisotopic (exact) mass is 295 g/mol. The number of amides is 1. The van der Waals surface area contributed by atoms with Crippen LogP contribution in [-0.2, 0) is 9.53 Å². The van der Waals surface area contributed by atoms with Crippen LogP contribution in [0.3, 0.4) is 0 Å². The van der Waals surface area contributed by atoms with Crippen LogP contribution in [0.4, 0.5) is 0 Å². The molecule has 0 aromatic carbocycles. The third-order valence-corrected chi connectivity index (χ3v) is 5.14.